The zero-order chi connectivity index (χ0) is 14.8. The zero-order valence-corrected chi connectivity index (χ0v) is 12.3. The highest BCUT2D eigenvalue weighted by Gasteiger charge is 2.16. The Bertz CT molecular complexity index is 745. The van der Waals surface area contributed by atoms with Crippen molar-refractivity contribution >= 4 is 11.0 Å². The average molecular weight is 281 g/mol. The minimum Gasteiger partial charge on any atom is -0.459 e. The van der Waals surface area contributed by atoms with Crippen molar-refractivity contribution in [1.82, 2.24) is 0 Å². The molecule has 0 radical (unpaired) electrons. The van der Waals surface area contributed by atoms with Crippen molar-refractivity contribution < 1.29 is 9.15 Å². The van der Waals surface area contributed by atoms with E-state index in [0.717, 1.165) is 28.2 Å². The number of para-hydroxylation sites is 1. The first-order valence-corrected chi connectivity index (χ1v) is 7.17. The lowest BCUT2D eigenvalue weighted by Gasteiger charge is -2.07. The molecule has 0 amide bonds. The highest BCUT2D eigenvalue weighted by atomic mass is 16.5. The molecule has 0 spiro atoms. The predicted octanol–water partition coefficient (Wildman–Crippen LogP) is 4.81. The number of hydrogen-bond donors (Lipinski definition) is 1. The van der Waals surface area contributed by atoms with Crippen LogP contribution in [0, 0.1) is 0 Å². The van der Waals surface area contributed by atoms with Crippen LogP contribution in [-0.4, -0.2) is 0 Å². The number of benzene rings is 2. The van der Waals surface area contributed by atoms with Gasteiger partial charge in [0, 0.05) is 10.9 Å². The van der Waals surface area contributed by atoms with Crippen molar-refractivity contribution in [3.05, 3.63) is 59.9 Å². The van der Waals surface area contributed by atoms with E-state index in [4.69, 9.17) is 14.9 Å². The van der Waals surface area contributed by atoms with E-state index >= 15 is 0 Å². The standard InChI is InChI=1S/C18H19NO2/c1-12(2)18-15-10-14(20-13-6-4-3-5-7-13)8-9-16(15)21-17(18)11-19/h3-10,12H,11,19H2,1-2H3. The third-order valence-electron chi connectivity index (χ3n) is 3.52. The Morgan fingerprint density at radius 3 is 2.48 bits per heavy atom. The van der Waals surface area contributed by atoms with Crippen LogP contribution in [0.4, 0.5) is 0 Å². The van der Waals surface area contributed by atoms with Gasteiger partial charge in [0.15, 0.2) is 0 Å². The third kappa shape index (κ3) is 2.65. The quantitative estimate of drug-likeness (QED) is 0.746. The first-order valence-electron chi connectivity index (χ1n) is 7.17. The van der Waals surface area contributed by atoms with Crippen LogP contribution in [-0.2, 0) is 6.54 Å². The van der Waals surface area contributed by atoms with Crippen LogP contribution in [0.15, 0.2) is 52.9 Å². The fourth-order valence-electron chi connectivity index (χ4n) is 2.62. The molecule has 2 aromatic carbocycles. The largest absolute Gasteiger partial charge is 0.459 e. The molecule has 0 fully saturated rings. The van der Waals surface area contributed by atoms with E-state index in [0.29, 0.717) is 12.5 Å². The van der Waals surface area contributed by atoms with Crippen LogP contribution in [0.3, 0.4) is 0 Å². The van der Waals surface area contributed by atoms with E-state index in [2.05, 4.69) is 13.8 Å². The average Bonchev–Trinajstić information content (AvgIpc) is 2.86. The highest BCUT2D eigenvalue weighted by molar-refractivity contribution is 5.84. The fourth-order valence-corrected chi connectivity index (χ4v) is 2.62. The third-order valence-corrected chi connectivity index (χ3v) is 3.52. The van der Waals surface area contributed by atoms with Crippen LogP contribution in [0.5, 0.6) is 11.5 Å². The maximum absolute atomic E-state index is 5.89. The van der Waals surface area contributed by atoms with Gasteiger partial charge in [-0.2, -0.15) is 0 Å². The number of ether oxygens (including phenoxy) is 1. The normalized spacial score (nSPS) is 11.2. The van der Waals surface area contributed by atoms with Crippen LogP contribution in [0.1, 0.15) is 31.1 Å². The van der Waals surface area contributed by atoms with Gasteiger partial charge in [0.1, 0.15) is 22.8 Å². The smallest absolute Gasteiger partial charge is 0.134 e. The van der Waals surface area contributed by atoms with Gasteiger partial charge in [-0.1, -0.05) is 32.0 Å². The molecule has 0 saturated carbocycles. The van der Waals surface area contributed by atoms with E-state index in [1.165, 1.54) is 5.56 Å². The van der Waals surface area contributed by atoms with Gasteiger partial charge in [0.2, 0.25) is 0 Å². The number of furan rings is 1. The molecule has 3 aromatic rings. The molecular weight excluding hydrogens is 262 g/mol. The Kier molecular flexibility index (Phi) is 3.67. The molecule has 0 unspecified atom stereocenters. The molecule has 108 valence electrons. The molecule has 0 atom stereocenters. The van der Waals surface area contributed by atoms with Crippen LogP contribution < -0.4 is 10.5 Å². The second kappa shape index (κ2) is 5.62. The Balaban J connectivity index is 2.04. The lowest BCUT2D eigenvalue weighted by molar-refractivity contribution is 0.483. The van der Waals surface area contributed by atoms with Crippen molar-refractivity contribution in [2.45, 2.75) is 26.3 Å². The van der Waals surface area contributed by atoms with Gasteiger partial charge in [0.05, 0.1) is 6.54 Å². The Morgan fingerprint density at radius 1 is 1.05 bits per heavy atom. The Morgan fingerprint density at radius 2 is 1.81 bits per heavy atom. The summed E-state index contributed by atoms with van der Waals surface area (Å²) in [6, 6.07) is 15.6. The molecule has 3 nitrogen and oxygen atoms in total. The van der Waals surface area contributed by atoms with Crippen molar-refractivity contribution in [3.8, 4) is 11.5 Å². The Hall–Kier alpha value is -2.26. The lowest BCUT2D eigenvalue weighted by Crippen LogP contribution is -1.99. The molecule has 0 saturated heterocycles. The zero-order valence-electron chi connectivity index (χ0n) is 12.3. The number of rotatable bonds is 4. The first kappa shape index (κ1) is 13.7. The topological polar surface area (TPSA) is 48.4 Å². The number of nitrogens with two attached hydrogens (primary N) is 1. The molecular formula is C18H19NO2. The van der Waals surface area contributed by atoms with Gasteiger partial charge in [-0.05, 0) is 36.2 Å². The van der Waals surface area contributed by atoms with Crippen molar-refractivity contribution in [2.24, 2.45) is 5.73 Å². The second-order valence-electron chi connectivity index (χ2n) is 5.37. The maximum atomic E-state index is 5.89. The number of fused-ring (bicyclic) bond motifs is 1. The molecule has 1 heterocycles. The summed E-state index contributed by atoms with van der Waals surface area (Å²) >= 11 is 0. The molecule has 3 heteroatoms. The summed E-state index contributed by atoms with van der Waals surface area (Å²) in [5, 5.41) is 1.08. The van der Waals surface area contributed by atoms with Gasteiger partial charge >= 0.3 is 0 Å². The molecule has 3 rings (SSSR count). The highest BCUT2D eigenvalue weighted by Crippen LogP contribution is 2.35. The van der Waals surface area contributed by atoms with E-state index in [1.807, 2.05) is 48.5 Å². The lowest BCUT2D eigenvalue weighted by atomic mass is 9.99. The monoisotopic (exact) mass is 281 g/mol. The van der Waals surface area contributed by atoms with E-state index in [-0.39, 0.29) is 0 Å². The fraction of sp³-hybridized carbons (Fsp3) is 0.222. The summed E-state index contributed by atoms with van der Waals surface area (Å²) in [4.78, 5) is 0. The molecule has 21 heavy (non-hydrogen) atoms. The van der Waals surface area contributed by atoms with Gasteiger partial charge < -0.3 is 14.9 Å². The van der Waals surface area contributed by atoms with Gasteiger partial charge in [-0.15, -0.1) is 0 Å². The van der Waals surface area contributed by atoms with E-state index in [9.17, 15) is 0 Å². The molecule has 1 aromatic heterocycles. The predicted molar refractivity (Wildman–Crippen MR) is 84.7 cm³/mol. The minimum atomic E-state index is 0.358. The summed E-state index contributed by atoms with van der Waals surface area (Å²) in [5.41, 5.74) is 7.82. The second-order valence-corrected chi connectivity index (χ2v) is 5.37. The summed E-state index contributed by atoms with van der Waals surface area (Å²) in [6.07, 6.45) is 0. The summed E-state index contributed by atoms with van der Waals surface area (Å²) < 4.78 is 11.7. The Labute approximate surface area is 124 Å². The van der Waals surface area contributed by atoms with Gasteiger partial charge in [-0.25, -0.2) is 0 Å². The van der Waals surface area contributed by atoms with Gasteiger partial charge in [0.25, 0.3) is 0 Å². The number of hydrogen-bond acceptors (Lipinski definition) is 3. The SMILES string of the molecule is CC(C)c1c(CN)oc2ccc(Oc3ccccc3)cc12. The van der Waals surface area contributed by atoms with Crippen molar-refractivity contribution in [2.75, 3.05) is 0 Å². The molecule has 2 N–H and O–H groups in total. The maximum Gasteiger partial charge on any atom is 0.134 e. The van der Waals surface area contributed by atoms with Crippen molar-refractivity contribution in [1.29, 1.82) is 0 Å². The van der Waals surface area contributed by atoms with Gasteiger partial charge in [-0.3, -0.25) is 0 Å². The molecule has 0 aliphatic heterocycles. The van der Waals surface area contributed by atoms with Crippen LogP contribution >= 0.6 is 0 Å². The first-order chi connectivity index (χ1) is 10.2. The van der Waals surface area contributed by atoms with Crippen LogP contribution in [0.25, 0.3) is 11.0 Å². The summed E-state index contributed by atoms with van der Waals surface area (Å²) in [5.74, 6) is 2.85. The van der Waals surface area contributed by atoms with Crippen LogP contribution in [0.2, 0.25) is 0 Å². The molecule has 0 aliphatic carbocycles. The summed E-state index contributed by atoms with van der Waals surface area (Å²) in [7, 11) is 0. The molecule has 0 bridgehead atoms. The van der Waals surface area contributed by atoms with Crippen molar-refractivity contribution in [3.63, 3.8) is 0 Å². The molecule has 0 aliphatic rings. The summed E-state index contributed by atoms with van der Waals surface area (Å²) in [6.45, 7) is 4.71. The van der Waals surface area contributed by atoms with E-state index in [1.54, 1.807) is 0 Å². The minimum absolute atomic E-state index is 0.358. The van der Waals surface area contributed by atoms with E-state index < -0.39 is 0 Å².